The van der Waals surface area contributed by atoms with Crippen LogP contribution in [0.1, 0.15) is 22.7 Å². The van der Waals surface area contributed by atoms with Gasteiger partial charge in [0.25, 0.3) is 5.78 Å². The zero-order chi connectivity index (χ0) is 20.5. The molecule has 2 heterocycles. The van der Waals surface area contributed by atoms with Gasteiger partial charge in [-0.25, -0.2) is 4.98 Å². The van der Waals surface area contributed by atoms with E-state index in [1.54, 1.807) is 54.6 Å². The Bertz CT molecular complexity index is 1120. The number of Topliss-reactive ketones (excluding diaryl/α,β-unsaturated/α-hetero) is 1. The molecule has 1 unspecified atom stereocenters. The maximum atomic E-state index is 13.0. The summed E-state index contributed by atoms with van der Waals surface area (Å²) in [6.45, 7) is 1.92. The summed E-state index contributed by atoms with van der Waals surface area (Å²) in [6.07, 6.45) is 1.54. The molecule has 0 aliphatic carbocycles. The second-order valence-electron chi connectivity index (χ2n) is 6.74. The van der Waals surface area contributed by atoms with E-state index >= 15 is 0 Å². The van der Waals surface area contributed by atoms with E-state index in [2.05, 4.69) is 4.98 Å². The van der Waals surface area contributed by atoms with Crippen LogP contribution in [0.4, 0.5) is 5.82 Å². The van der Waals surface area contributed by atoms with Crippen LogP contribution < -0.4 is 4.90 Å². The molecule has 5 nitrogen and oxygen atoms in total. The summed E-state index contributed by atoms with van der Waals surface area (Å²) in [5, 5.41) is 11.4. The first-order chi connectivity index (χ1) is 14.0. The van der Waals surface area contributed by atoms with Crippen LogP contribution in [-0.2, 0) is 9.59 Å². The Kier molecular flexibility index (Phi) is 4.91. The van der Waals surface area contributed by atoms with Gasteiger partial charge in [-0.3, -0.25) is 14.5 Å². The third-order valence-electron chi connectivity index (χ3n) is 4.87. The standard InChI is InChI=1S/C23H17ClN2O3/c1-14-9-11-15(12-10-14)21(27)19-20(16-6-2-3-7-17(16)24)26(23(29)22(19)28)18-8-4-5-13-25-18/h2-13,20,27H,1H3/b21-19+. The van der Waals surface area contributed by atoms with Crippen LogP contribution in [-0.4, -0.2) is 21.8 Å². The van der Waals surface area contributed by atoms with E-state index in [1.807, 2.05) is 19.1 Å². The Morgan fingerprint density at radius 3 is 2.34 bits per heavy atom. The molecule has 144 valence electrons. The summed E-state index contributed by atoms with van der Waals surface area (Å²) >= 11 is 6.42. The van der Waals surface area contributed by atoms with Crippen LogP contribution in [0.3, 0.4) is 0 Å². The van der Waals surface area contributed by atoms with E-state index in [0.717, 1.165) is 5.56 Å². The van der Waals surface area contributed by atoms with Crippen LogP contribution in [0.25, 0.3) is 5.76 Å². The molecule has 29 heavy (non-hydrogen) atoms. The molecule has 3 aromatic rings. The van der Waals surface area contributed by atoms with Crippen molar-refractivity contribution < 1.29 is 14.7 Å². The molecule has 4 rings (SSSR count). The number of aliphatic hydroxyl groups excluding tert-OH is 1. The van der Waals surface area contributed by atoms with Gasteiger partial charge in [0.05, 0.1) is 11.6 Å². The van der Waals surface area contributed by atoms with Crippen molar-refractivity contribution in [2.45, 2.75) is 13.0 Å². The highest BCUT2D eigenvalue weighted by molar-refractivity contribution is 6.51. The highest BCUT2D eigenvalue weighted by atomic mass is 35.5. The molecule has 1 amide bonds. The molecule has 1 fully saturated rings. The predicted octanol–water partition coefficient (Wildman–Crippen LogP) is 4.67. The first-order valence-corrected chi connectivity index (χ1v) is 9.40. The highest BCUT2D eigenvalue weighted by Gasteiger charge is 2.48. The van der Waals surface area contributed by atoms with Gasteiger partial charge in [-0.2, -0.15) is 0 Å². The first-order valence-electron chi connectivity index (χ1n) is 9.02. The summed E-state index contributed by atoms with van der Waals surface area (Å²) in [7, 11) is 0. The molecular weight excluding hydrogens is 388 g/mol. The molecule has 0 saturated carbocycles. The van der Waals surface area contributed by atoms with Gasteiger partial charge in [0, 0.05) is 16.8 Å². The Labute approximate surface area is 172 Å². The number of aliphatic hydroxyl groups is 1. The Balaban J connectivity index is 1.97. The fraction of sp³-hybridized carbons (Fsp3) is 0.0870. The van der Waals surface area contributed by atoms with E-state index in [0.29, 0.717) is 22.0 Å². The van der Waals surface area contributed by atoms with E-state index in [9.17, 15) is 14.7 Å². The van der Waals surface area contributed by atoms with Crippen molar-refractivity contribution in [2.24, 2.45) is 0 Å². The van der Waals surface area contributed by atoms with Crippen LogP contribution >= 0.6 is 11.6 Å². The number of ketones is 1. The number of carbonyl (C=O) groups is 2. The molecule has 1 aliphatic heterocycles. The maximum absolute atomic E-state index is 13.0. The number of nitrogens with zero attached hydrogens (tertiary/aromatic N) is 2. The summed E-state index contributed by atoms with van der Waals surface area (Å²) in [6, 6.07) is 18.2. The molecule has 1 aromatic heterocycles. The molecule has 0 bridgehead atoms. The SMILES string of the molecule is Cc1ccc(/C(O)=C2\C(=O)C(=O)N(c3ccccn3)C2c2ccccc2Cl)cc1. The number of rotatable bonds is 3. The monoisotopic (exact) mass is 404 g/mol. The molecular formula is C23H17ClN2O3. The highest BCUT2D eigenvalue weighted by Crippen LogP contribution is 2.43. The number of hydrogen-bond acceptors (Lipinski definition) is 4. The second-order valence-corrected chi connectivity index (χ2v) is 7.15. The molecule has 0 radical (unpaired) electrons. The second kappa shape index (κ2) is 7.53. The number of benzene rings is 2. The quantitative estimate of drug-likeness (QED) is 0.391. The fourth-order valence-electron chi connectivity index (χ4n) is 3.42. The van der Waals surface area contributed by atoms with E-state index in [4.69, 9.17) is 11.6 Å². The third-order valence-corrected chi connectivity index (χ3v) is 5.21. The third kappa shape index (κ3) is 3.30. The van der Waals surface area contributed by atoms with Crippen LogP contribution in [0.2, 0.25) is 5.02 Å². The molecule has 2 aromatic carbocycles. The minimum atomic E-state index is -0.889. The van der Waals surface area contributed by atoms with E-state index < -0.39 is 17.7 Å². The smallest absolute Gasteiger partial charge is 0.301 e. The van der Waals surface area contributed by atoms with Crippen molar-refractivity contribution in [2.75, 3.05) is 4.90 Å². The normalized spacial score (nSPS) is 18.3. The predicted molar refractivity (Wildman–Crippen MR) is 112 cm³/mol. The topological polar surface area (TPSA) is 70.5 Å². The maximum Gasteiger partial charge on any atom is 0.301 e. The van der Waals surface area contributed by atoms with Crippen molar-refractivity contribution in [3.63, 3.8) is 0 Å². The fourth-order valence-corrected chi connectivity index (χ4v) is 3.66. The van der Waals surface area contributed by atoms with Gasteiger partial charge in [0.15, 0.2) is 0 Å². The number of hydrogen-bond donors (Lipinski definition) is 1. The number of amides is 1. The van der Waals surface area contributed by atoms with Gasteiger partial charge in [-0.05, 0) is 30.7 Å². The number of pyridine rings is 1. The van der Waals surface area contributed by atoms with Gasteiger partial charge in [0.1, 0.15) is 11.6 Å². The van der Waals surface area contributed by atoms with Crippen LogP contribution in [0.5, 0.6) is 0 Å². The minimum absolute atomic E-state index is 0.0161. The lowest BCUT2D eigenvalue weighted by Gasteiger charge is -2.25. The number of aromatic nitrogens is 1. The molecule has 1 N–H and O–H groups in total. The van der Waals surface area contributed by atoms with Gasteiger partial charge < -0.3 is 5.11 Å². The average Bonchev–Trinajstić information content (AvgIpc) is 3.00. The van der Waals surface area contributed by atoms with Crippen LogP contribution in [0, 0.1) is 6.92 Å². The van der Waals surface area contributed by atoms with Gasteiger partial charge >= 0.3 is 5.91 Å². The van der Waals surface area contributed by atoms with Crippen molar-refractivity contribution in [1.82, 2.24) is 4.98 Å². The number of carbonyl (C=O) groups excluding carboxylic acids is 2. The van der Waals surface area contributed by atoms with Crippen molar-refractivity contribution in [1.29, 1.82) is 0 Å². The lowest BCUT2D eigenvalue weighted by Crippen LogP contribution is -2.30. The van der Waals surface area contributed by atoms with E-state index in [1.165, 1.54) is 11.1 Å². The largest absolute Gasteiger partial charge is 0.507 e. The van der Waals surface area contributed by atoms with E-state index in [-0.39, 0.29) is 11.3 Å². The summed E-state index contributed by atoms with van der Waals surface area (Å²) < 4.78 is 0. The summed E-state index contributed by atoms with van der Waals surface area (Å²) in [5.41, 5.74) is 1.98. The van der Waals surface area contributed by atoms with Crippen molar-refractivity contribution >= 4 is 34.9 Å². The Morgan fingerprint density at radius 2 is 1.69 bits per heavy atom. The first kappa shape index (κ1) is 18.9. The van der Waals surface area contributed by atoms with Gasteiger partial charge in [-0.1, -0.05) is 65.7 Å². The number of aryl methyl sites for hydroxylation is 1. The number of halogens is 1. The zero-order valence-corrected chi connectivity index (χ0v) is 16.3. The lowest BCUT2D eigenvalue weighted by atomic mass is 9.95. The molecule has 1 saturated heterocycles. The van der Waals surface area contributed by atoms with Crippen molar-refractivity contribution in [3.05, 3.63) is 100 Å². The summed E-state index contributed by atoms with van der Waals surface area (Å²) in [4.78, 5) is 31.5. The summed E-state index contributed by atoms with van der Waals surface area (Å²) in [5.74, 6) is -1.48. The van der Waals surface area contributed by atoms with Gasteiger partial charge in [-0.15, -0.1) is 0 Å². The van der Waals surface area contributed by atoms with Gasteiger partial charge in [0.2, 0.25) is 0 Å². The molecule has 1 aliphatic rings. The average molecular weight is 405 g/mol. The van der Waals surface area contributed by atoms with Crippen LogP contribution in [0.15, 0.2) is 78.5 Å². The number of anilines is 1. The Hall–Kier alpha value is -3.44. The molecule has 0 spiro atoms. The van der Waals surface area contributed by atoms with Crippen molar-refractivity contribution in [3.8, 4) is 0 Å². The zero-order valence-electron chi connectivity index (χ0n) is 15.5. The lowest BCUT2D eigenvalue weighted by molar-refractivity contribution is -0.132. The molecule has 1 atom stereocenters. The minimum Gasteiger partial charge on any atom is -0.507 e. The Morgan fingerprint density at radius 1 is 1.00 bits per heavy atom. The molecule has 6 heteroatoms.